The van der Waals surface area contributed by atoms with E-state index in [2.05, 4.69) is 48.1 Å². The lowest BCUT2D eigenvalue weighted by molar-refractivity contribution is 0.600. The number of benzene rings is 2. The number of allylic oxidation sites excluding steroid dienone is 1. The Bertz CT molecular complexity index is 1490. The largest absolute Gasteiger partial charge is 0.361 e. The van der Waals surface area contributed by atoms with Gasteiger partial charge in [-0.05, 0) is 52.8 Å². The van der Waals surface area contributed by atoms with E-state index in [1.165, 1.54) is 24.0 Å². The maximum atomic E-state index is 14.5. The average molecular weight is 449 g/mol. The first-order valence-corrected chi connectivity index (χ1v) is 12.8. The van der Waals surface area contributed by atoms with Crippen molar-refractivity contribution in [3.05, 3.63) is 76.9 Å². The van der Waals surface area contributed by atoms with Gasteiger partial charge in [0.2, 0.25) is 0 Å². The minimum Gasteiger partial charge on any atom is -0.361 e. The summed E-state index contributed by atoms with van der Waals surface area (Å²) < 4.78 is 39.3. The molecule has 2 heterocycles. The van der Waals surface area contributed by atoms with Crippen molar-refractivity contribution in [2.45, 2.75) is 31.9 Å². The Labute approximate surface area is 187 Å². The molecule has 32 heavy (non-hydrogen) atoms. The lowest BCUT2D eigenvalue weighted by atomic mass is 9.88. The Morgan fingerprint density at radius 3 is 2.69 bits per heavy atom. The Kier molecular flexibility index (Phi) is 4.86. The fourth-order valence-corrected chi connectivity index (χ4v) is 5.63. The van der Waals surface area contributed by atoms with Crippen LogP contribution < -0.4 is 0 Å². The summed E-state index contributed by atoms with van der Waals surface area (Å²) in [7, 11) is -3.30. The van der Waals surface area contributed by atoms with Crippen molar-refractivity contribution in [3.63, 3.8) is 0 Å². The quantitative estimate of drug-likeness (QED) is 0.381. The van der Waals surface area contributed by atoms with Gasteiger partial charge in [-0.2, -0.15) is 0 Å². The molecule has 4 nitrogen and oxygen atoms in total. The van der Waals surface area contributed by atoms with Crippen LogP contribution in [0, 0.1) is 5.82 Å². The number of sulfone groups is 1. The number of hydrogen-bond acceptors (Lipinski definition) is 2. The number of halogens is 1. The van der Waals surface area contributed by atoms with Gasteiger partial charge in [0.05, 0.1) is 11.4 Å². The minimum atomic E-state index is -3.30. The molecule has 4 aromatic rings. The highest BCUT2D eigenvalue weighted by molar-refractivity contribution is 7.89. The second-order valence-electron chi connectivity index (χ2n) is 8.87. The molecule has 2 aromatic carbocycles. The molecule has 0 spiro atoms. The zero-order valence-corrected chi connectivity index (χ0v) is 19.1. The molecular weight excluding hydrogens is 423 g/mol. The molecule has 2 aromatic heterocycles. The van der Waals surface area contributed by atoms with Crippen LogP contribution in [0.25, 0.3) is 39.4 Å². The van der Waals surface area contributed by atoms with E-state index in [9.17, 15) is 12.8 Å². The van der Waals surface area contributed by atoms with E-state index in [0.717, 1.165) is 45.3 Å². The molecule has 0 radical (unpaired) electrons. The van der Waals surface area contributed by atoms with Crippen LogP contribution in [0.2, 0.25) is 0 Å². The van der Waals surface area contributed by atoms with Crippen LogP contribution in [0.4, 0.5) is 4.39 Å². The predicted octanol–water partition coefficient (Wildman–Crippen LogP) is 6.21. The number of aromatic amines is 2. The average Bonchev–Trinajstić information content (AvgIpc) is 3.43. The summed E-state index contributed by atoms with van der Waals surface area (Å²) in [4.78, 5) is 6.51. The molecule has 1 aliphatic carbocycles. The lowest BCUT2D eigenvalue weighted by Gasteiger charge is -2.15. The zero-order valence-electron chi connectivity index (χ0n) is 18.3. The van der Waals surface area contributed by atoms with Gasteiger partial charge in [-0.15, -0.1) is 0 Å². The molecule has 1 aliphatic rings. The van der Waals surface area contributed by atoms with Gasteiger partial charge in [0.15, 0.2) is 9.84 Å². The first-order valence-electron chi connectivity index (χ1n) is 10.7. The first kappa shape index (κ1) is 20.8. The van der Waals surface area contributed by atoms with Crippen molar-refractivity contribution in [2.24, 2.45) is 0 Å². The van der Waals surface area contributed by atoms with Gasteiger partial charge < -0.3 is 9.97 Å². The summed E-state index contributed by atoms with van der Waals surface area (Å²) in [5.74, 6) is -0.363. The van der Waals surface area contributed by atoms with Gasteiger partial charge in [-0.3, -0.25) is 0 Å². The van der Waals surface area contributed by atoms with Crippen molar-refractivity contribution < 1.29 is 12.8 Å². The minimum absolute atomic E-state index is 0.0862. The van der Waals surface area contributed by atoms with Gasteiger partial charge in [0, 0.05) is 40.2 Å². The van der Waals surface area contributed by atoms with E-state index in [1.54, 1.807) is 6.20 Å². The molecule has 0 bridgehead atoms. The van der Waals surface area contributed by atoms with Crippen LogP contribution in [0.15, 0.2) is 48.7 Å². The Morgan fingerprint density at radius 1 is 1.12 bits per heavy atom. The second-order valence-corrected chi connectivity index (χ2v) is 11.0. The normalized spacial score (nSPS) is 13.4. The monoisotopic (exact) mass is 448 g/mol. The number of aromatic nitrogens is 2. The third-order valence-corrected chi connectivity index (χ3v) is 6.90. The van der Waals surface area contributed by atoms with E-state index in [4.69, 9.17) is 0 Å². The van der Waals surface area contributed by atoms with Gasteiger partial charge in [-0.1, -0.05) is 44.2 Å². The number of nitrogens with one attached hydrogen (secondary N) is 2. The van der Waals surface area contributed by atoms with Crippen LogP contribution in [0.3, 0.4) is 0 Å². The van der Waals surface area contributed by atoms with Crippen LogP contribution in [-0.2, 0) is 22.0 Å². The van der Waals surface area contributed by atoms with Crippen LogP contribution in [0.1, 0.15) is 42.1 Å². The highest BCUT2D eigenvalue weighted by Gasteiger charge is 2.27. The molecule has 0 fully saturated rings. The third kappa shape index (κ3) is 3.48. The molecule has 0 aliphatic heterocycles. The molecule has 0 atom stereocenters. The van der Waals surface area contributed by atoms with Crippen LogP contribution >= 0.6 is 0 Å². The molecule has 5 rings (SSSR count). The Morgan fingerprint density at radius 2 is 1.94 bits per heavy atom. The van der Waals surface area contributed by atoms with Crippen LogP contribution in [-0.4, -0.2) is 24.6 Å². The fraction of sp³-hybridized carbons (Fsp3) is 0.231. The summed E-state index contributed by atoms with van der Waals surface area (Å²) in [6.07, 6.45) is 8.14. The molecule has 0 unspecified atom stereocenters. The van der Waals surface area contributed by atoms with Crippen molar-refractivity contribution in [2.75, 3.05) is 6.26 Å². The summed E-state index contributed by atoms with van der Waals surface area (Å²) in [6, 6.07) is 11.1. The third-order valence-electron chi connectivity index (χ3n) is 6.09. The molecule has 164 valence electrons. The van der Waals surface area contributed by atoms with E-state index in [0.29, 0.717) is 11.2 Å². The van der Waals surface area contributed by atoms with Crippen molar-refractivity contribution in [3.8, 4) is 22.4 Å². The maximum Gasteiger partial charge on any atom is 0.153 e. The number of hydrogen-bond donors (Lipinski definition) is 2. The van der Waals surface area contributed by atoms with Gasteiger partial charge in [0.1, 0.15) is 5.82 Å². The van der Waals surface area contributed by atoms with E-state index in [-0.39, 0.29) is 17.5 Å². The second kappa shape index (κ2) is 7.48. The molecule has 2 N–H and O–H groups in total. The number of fused-ring (bicyclic) bond motifs is 2. The smallest absolute Gasteiger partial charge is 0.153 e. The fourth-order valence-electron chi connectivity index (χ4n) is 4.88. The topological polar surface area (TPSA) is 65.7 Å². The van der Waals surface area contributed by atoms with Crippen molar-refractivity contribution in [1.82, 2.24) is 9.97 Å². The zero-order chi connectivity index (χ0) is 22.6. The first-order chi connectivity index (χ1) is 15.2. The highest BCUT2D eigenvalue weighted by Crippen LogP contribution is 2.44. The summed E-state index contributed by atoms with van der Waals surface area (Å²) in [5, 5.41) is 0.894. The highest BCUT2D eigenvalue weighted by atomic mass is 32.2. The molecule has 0 amide bonds. The van der Waals surface area contributed by atoms with Gasteiger partial charge >= 0.3 is 0 Å². The lowest BCUT2D eigenvalue weighted by Crippen LogP contribution is -2.03. The van der Waals surface area contributed by atoms with Gasteiger partial charge in [-0.25, -0.2) is 12.8 Å². The van der Waals surface area contributed by atoms with Crippen molar-refractivity contribution in [1.29, 1.82) is 0 Å². The summed E-state index contributed by atoms with van der Waals surface area (Å²) in [6.45, 7) is 4.18. The SMILES string of the molecule is CC(C)c1c(-c2cc(F)cc3[nH]ccc23)[nH]c(CS(C)(=O)=O)c1-c1cccc2c1C=CC2. The Hall–Kier alpha value is -3.12. The van der Waals surface area contributed by atoms with E-state index in [1.807, 2.05) is 12.1 Å². The van der Waals surface area contributed by atoms with E-state index < -0.39 is 9.84 Å². The molecule has 0 saturated carbocycles. The summed E-state index contributed by atoms with van der Waals surface area (Å²) >= 11 is 0. The number of rotatable bonds is 5. The van der Waals surface area contributed by atoms with E-state index >= 15 is 0 Å². The predicted molar refractivity (Wildman–Crippen MR) is 129 cm³/mol. The standard InChI is InChI=1S/C26H25FN2O2S/c1-15(2)24-25(20-9-5-7-16-6-4-8-18(16)20)23(14-32(3,30)31)29-26(24)21-12-17(27)13-22-19(21)10-11-28-22/h4-5,7-13,15,28-29H,6,14H2,1-3H3. The molecular formula is C26H25FN2O2S. The summed E-state index contributed by atoms with van der Waals surface area (Å²) in [5.41, 5.74) is 8.15. The van der Waals surface area contributed by atoms with Crippen LogP contribution in [0.5, 0.6) is 0 Å². The van der Waals surface area contributed by atoms with Crippen molar-refractivity contribution >= 4 is 26.8 Å². The maximum absolute atomic E-state index is 14.5. The Balaban J connectivity index is 1.88. The molecule has 0 saturated heterocycles. The van der Waals surface area contributed by atoms with Gasteiger partial charge in [0.25, 0.3) is 0 Å². The molecule has 6 heteroatoms. The number of H-pyrrole nitrogens is 2.